The molecule has 15 nitrogen and oxygen atoms in total. The number of nitrogens with one attached hydrogen (secondary N) is 3. The molecule has 39 heavy (non-hydrogen) atoms. The second-order valence-electron chi connectivity index (χ2n) is 8.44. The quantitative estimate of drug-likeness (QED) is 0.186. The first-order chi connectivity index (χ1) is 18.8. The van der Waals surface area contributed by atoms with Crippen molar-refractivity contribution in [1.29, 1.82) is 0 Å². The molecule has 0 saturated carbocycles. The lowest BCUT2D eigenvalue weighted by atomic mass is 10.1. The Morgan fingerprint density at radius 2 is 0.821 bits per heavy atom. The average Bonchev–Trinajstić information content (AvgIpc) is 2.91. The maximum atomic E-state index is 12.5. The van der Waals surface area contributed by atoms with E-state index in [-0.39, 0.29) is 18.0 Å². The molecule has 3 atom stereocenters. The predicted molar refractivity (Wildman–Crippen MR) is 137 cm³/mol. The average molecular weight is 559 g/mol. The molecule has 3 unspecified atom stereocenters. The summed E-state index contributed by atoms with van der Waals surface area (Å²) >= 11 is 0. The van der Waals surface area contributed by atoms with Gasteiger partial charge in [-0.3, -0.25) is 28.9 Å². The van der Waals surface area contributed by atoms with Crippen molar-refractivity contribution in [3.05, 3.63) is 0 Å². The number of carbonyl (C=O) groups excluding carboxylic acids is 3. The van der Waals surface area contributed by atoms with Crippen molar-refractivity contribution < 1.29 is 43.1 Å². The minimum absolute atomic E-state index is 0.301. The van der Waals surface area contributed by atoms with Crippen molar-refractivity contribution in [2.45, 2.75) is 96.9 Å². The third-order valence-electron chi connectivity index (χ3n) is 5.26. The molecule has 0 saturated heterocycles. The van der Waals surface area contributed by atoms with Gasteiger partial charge in [0.2, 0.25) is 0 Å². The zero-order valence-corrected chi connectivity index (χ0v) is 23.6. The van der Waals surface area contributed by atoms with Crippen molar-refractivity contribution in [1.82, 2.24) is 31.4 Å². The first-order valence-corrected chi connectivity index (χ1v) is 13.1. The lowest BCUT2D eigenvalue weighted by molar-refractivity contribution is -0.139. The van der Waals surface area contributed by atoms with Crippen LogP contribution in [-0.4, -0.2) is 72.3 Å². The highest BCUT2D eigenvalue weighted by Gasteiger charge is 2.27. The van der Waals surface area contributed by atoms with Crippen LogP contribution in [0, 0.1) is 0 Å². The molecular weight excluding hydrogens is 516 g/mol. The van der Waals surface area contributed by atoms with Crippen molar-refractivity contribution in [3.63, 3.8) is 0 Å². The van der Waals surface area contributed by atoms with E-state index in [1.54, 1.807) is 0 Å². The molecule has 0 aliphatic carbocycles. The number of hydroxylamine groups is 3. The molecular formula is C24H42N6O9. The van der Waals surface area contributed by atoms with Crippen LogP contribution in [-0.2, 0) is 28.9 Å². The fourth-order valence-corrected chi connectivity index (χ4v) is 3.26. The van der Waals surface area contributed by atoms with Gasteiger partial charge in [0.25, 0.3) is 17.7 Å². The molecule has 0 aliphatic heterocycles. The van der Waals surface area contributed by atoms with Crippen molar-refractivity contribution >= 4 is 17.7 Å². The Morgan fingerprint density at radius 1 is 0.564 bits per heavy atom. The summed E-state index contributed by atoms with van der Waals surface area (Å²) in [6, 6.07) is -0.902. The Kier molecular flexibility index (Phi) is 17.1. The molecule has 0 spiro atoms. The summed E-state index contributed by atoms with van der Waals surface area (Å²) in [4.78, 5) is 64.2. The zero-order chi connectivity index (χ0) is 29.0. The summed E-state index contributed by atoms with van der Waals surface area (Å²) in [5, 5.41) is 0. The predicted octanol–water partition coefficient (Wildman–Crippen LogP) is 1.72. The third kappa shape index (κ3) is 12.9. The maximum Gasteiger partial charge on any atom is 0.326 e. The van der Waals surface area contributed by atoms with Crippen molar-refractivity contribution in [3.8, 4) is 18.0 Å². The van der Waals surface area contributed by atoms with Gasteiger partial charge in [0.1, 0.15) is 0 Å². The number of ether oxygens (including phenoxy) is 3. The normalized spacial score (nSPS) is 13.1. The summed E-state index contributed by atoms with van der Waals surface area (Å²) in [6.07, 6.45) is 2.45. The molecule has 1 heterocycles. The van der Waals surface area contributed by atoms with E-state index < -0.39 is 36.0 Å². The highest BCUT2D eigenvalue weighted by molar-refractivity contribution is 5.80. The second-order valence-corrected chi connectivity index (χ2v) is 8.44. The smallest absolute Gasteiger partial charge is 0.326 e. The summed E-state index contributed by atoms with van der Waals surface area (Å²) in [6.45, 7) is 5.90. The number of nitrogens with zero attached hydrogens (tertiary/aromatic N) is 3. The van der Waals surface area contributed by atoms with Gasteiger partial charge in [0.15, 0.2) is 18.3 Å². The summed E-state index contributed by atoms with van der Waals surface area (Å²) < 4.78 is 17.4. The lowest BCUT2D eigenvalue weighted by Gasteiger charge is -2.20. The van der Waals surface area contributed by atoms with E-state index in [0.29, 0.717) is 38.5 Å². The minimum Gasteiger partial charge on any atom is -0.450 e. The van der Waals surface area contributed by atoms with E-state index in [1.807, 2.05) is 20.8 Å². The molecule has 222 valence electrons. The molecule has 1 aromatic heterocycles. The molecule has 0 radical (unpaired) electrons. The first-order valence-electron chi connectivity index (χ1n) is 13.1. The maximum absolute atomic E-state index is 12.5. The highest BCUT2D eigenvalue weighted by Crippen LogP contribution is 2.21. The van der Waals surface area contributed by atoms with Crippen LogP contribution in [0.3, 0.4) is 0 Å². The standard InChI is InChI=1S/C24H42N6O9/c1-7-10-13-16(19(31)28-34-4)37-22-25-23(38-17(14-11-8-2)20(32)29-35-5)27-24(26-22)39-18(15-12-9-3)21(33)30-36-6/h16-18H,7-15H2,1-6H3,(H,28,31)(H,29,32)(H,30,33). The molecule has 0 fully saturated rings. The van der Waals surface area contributed by atoms with Gasteiger partial charge in [0.05, 0.1) is 21.3 Å². The van der Waals surface area contributed by atoms with Crippen LogP contribution >= 0.6 is 0 Å². The number of amides is 3. The summed E-state index contributed by atoms with van der Waals surface area (Å²) in [5.41, 5.74) is 6.72. The number of carbonyl (C=O) groups is 3. The van der Waals surface area contributed by atoms with Crippen LogP contribution in [0.15, 0.2) is 0 Å². The number of hydrogen-bond donors (Lipinski definition) is 3. The van der Waals surface area contributed by atoms with E-state index in [2.05, 4.69) is 31.4 Å². The Hall–Kier alpha value is -3.30. The molecule has 1 aromatic rings. The number of aromatic nitrogens is 3. The van der Waals surface area contributed by atoms with Crippen LogP contribution in [0.25, 0.3) is 0 Å². The second kappa shape index (κ2) is 19.7. The molecule has 0 aliphatic rings. The Labute approximate surface area is 228 Å². The monoisotopic (exact) mass is 558 g/mol. The number of hydrogen-bond acceptors (Lipinski definition) is 12. The fraction of sp³-hybridized carbons (Fsp3) is 0.750. The van der Waals surface area contributed by atoms with Crippen LogP contribution in [0.1, 0.15) is 78.6 Å². The van der Waals surface area contributed by atoms with Crippen molar-refractivity contribution in [2.75, 3.05) is 21.3 Å². The van der Waals surface area contributed by atoms with Gasteiger partial charge in [-0.1, -0.05) is 40.0 Å². The molecule has 0 aromatic carbocycles. The number of rotatable bonds is 21. The van der Waals surface area contributed by atoms with Gasteiger partial charge in [0, 0.05) is 0 Å². The van der Waals surface area contributed by atoms with Crippen molar-refractivity contribution in [2.24, 2.45) is 0 Å². The Balaban J connectivity index is 3.42. The topological polar surface area (TPSA) is 181 Å². The first kappa shape index (κ1) is 33.7. The van der Waals surface area contributed by atoms with E-state index in [4.69, 9.17) is 28.7 Å². The van der Waals surface area contributed by atoms with Gasteiger partial charge < -0.3 is 14.2 Å². The highest BCUT2D eigenvalue weighted by atomic mass is 16.7. The fourth-order valence-electron chi connectivity index (χ4n) is 3.26. The summed E-state index contributed by atoms with van der Waals surface area (Å²) in [7, 11) is 3.91. The lowest BCUT2D eigenvalue weighted by Crippen LogP contribution is -2.39. The van der Waals surface area contributed by atoms with Gasteiger partial charge >= 0.3 is 18.0 Å². The Bertz CT molecular complexity index is 755. The number of unbranched alkanes of at least 4 members (excludes halogenated alkanes) is 3. The minimum atomic E-state index is -1.01. The van der Waals surface area contributed by atoms with E-state index >= 15 is 0 Å². The largest absolute Gasteiger partial charge is 0.450 e. The van der Waals surface area contributed by atoms with Gasteiger partial charge in [-0.25, -0.2) is 16.4 Å². The molecule has 1 rings (SSSR count). The van der Waals surface area contributed by atoms with Crippen LogP contribution < -0.4 is 30.7 Å². The third-order valence-corrected chi connectivity index (χ3v) is 5.26. The molecule has 3 N–H and O–H groups in total. The van der Waals surface area contributed by atoms with E-state index in [0.717, 1.165) is 19.3 Å². The van der Waals surface area contributed by atoms with E-state index in [9.17, 15) is 14.4 Å². The van der Waals surface area contributed by atoms with Gasteiger partial charge in [-0.15, -0.1) is 15.0 Å². The SMILES string of the molecule is CCCCC(Oc1nc(OC(CCCC)C(=O)NOC)nc(OC(CCCC)C(=O)NOC)n1)C(=O)NOC. The van der Waals surface area contributed by atoms with Crippen LogP contribution in [0.4, 0.5) is 0 Å². The molecule has 3 amide bonds. The van der Waals surface area contributed by atoms with Crippen LogP contribution in [0.2, 0.25) is 0 Å². The Morgan fingerprint density at radius 3 is 1.03 bits per heavy atom. The van der Waals surface area contributed by atoms with Gasteiger partial charge in [-0.05, 0) is 38.5 Å². The molecule has 15 heteroatoms. The van der Waals surface area contributed by atoms with Crippen LogP contribution in [0.5, 0.6) is 18.0 Å². The molecule has 0 bridgehead atoms. The van der Waals surface area contributed by atoms with E-state index in [1.165, 1.54) is 21.3 Å². The van der Waals surface area contributed by atoms with Gasteiger partial charge in [-0.2, -0.15) is 0 Å². The zero-order valence-electron chi connectivity index (χ0n) is 23.6. The summed E-state index contributed by atoms with van der Waals surface area (Å²) in [5.74, 6) is -1.63.